The van der Waals surface area contributed by atoms with Gasteiger partial charge in [-0.25, -0.2) is 0 Å². The van der Waals surface area contributed by atoms with Gasteiger partial charge in [-0.3, -0.25) is 4.79 Å². The van der Waals surface area contributed by atoms with E-state index in [-0.39, 0.29) is 5.91 Å². The van der Waals surface area contributed by atoms with Crippen molar-refractivity contribution in [2.75, 3.05) is 6.54 Å². The highest BCUT2D eigenvalue weighted by Crippen LogP contribution is 2.29. The average molecular weight is 422 g/mol. The highest BCUT2D eigenvalue weighted by Gasteiger charge is 2.23. The van der Waals surface area contributed by atoms with E-state index >= 15 is 0 Å². The number of hydrogen-bond donors (Lipinski definition) is 1. The van der Waals surface area contributed by atoms with Crippen LogP contribution in [0.25, 0.3) is 0 Å². The van der Waals surface area contributed by atoms with Crippen LogP contribution in [0, 0.1) is 9.49 Å². The zero-order valence-corrected chi connectivity index (χ0v) is 13.9. The topological polar surface area (TPSA) is 29.1 Å². The highest BCUT2D eigenvalue weighted by molar-refractivity contribution is 14.1. The number of hydrogen-bond acceptors (Lipinski definition) is 1. The molecular formula is C14H17BrINO. The molecule has 0 saturated heterocycles. The molecule has 0 bridgehead atoms. The molecule has 0 heterocycles. The third kappa shape index (κ3) is 3.95. The first-order valence-corrected chi connectivity index (χ1v) is 8.34. The van der Waals surface area contributed by atoms with Gasteiger partial charge in [0.2, 0.25) is 0 Å². The van der Waals surface area contributed by atoms with Gasteiger partial charge < -0.3 is 5.32 Å². The van der Waals surface area contributed by atoms with Crippen molar-refractivity contribution in [3.8, 4) is 0 Å². The lowest BCUT2D eigenvalue weighted by molar-refractivity contribution is 0.0944. The average Bonchev–Trinajstić information content (AvgIpc) is 2.38. The molecule has 1 aromatic rings. The van der Waals surface area contributed by atoms with Gasteiger partial charge in [-0.2, -0.15) is 0 Å². The second-order valence-electron chi connectivity index (χ2n) is 4.78. The maximum absolute atomic E-state index is 12.0. The van der Waals surface area contributed by atoms with Gasteiger partial charge in [0, 0.05) is 20.5 Å². The van der Waals surface area contributed by atoms with Crippen molar-refractivity contribution in [2.24, 2.45) is 5.92 Å². The number of rotatable bonds is 3. The van der Waals surface area contributed by atoms with Gasteiger partial charge in [-0.15, -0.1) is 0 Å². The van der Waals surface area contributed by atoms with E-state index in [1.807, 2.05) is 24.3 Å². The summed E-state index contributed by atoms with van der Waals surface area (Å²) in [6.45, 7) is 0.779. The van der Waals surface area contributed by atoms with Gasteiger partial charge >= 0.3 is 0 Å². The smallest absolute Gasteiger partial charge is 0.251 e. The first kappa shape index (κ1) is 14.3. The third-order valence-corrected chi connectivity index (χ3v) is 5.37. The summed E-state index contributed by atoms with van der Waals surface area (Å²) >= 11 is 5.96. The highest BCUT2D eigenvalue weighted by atomic mass is 127. The Bertz CT molecular complexity index is 407. The molecule has 0 aromatic heterocycles. The van der Waals surface area contributed by atoms with Crippen molar-refractivity contribution in [2.45, 2.75) is 30.5 Å². The monoisotopic (exact) mass is 421 g/mol. The van der Waals surface area contributed by atoms with Gasteiger partial charge in [0.15, 0.2) is 0 Å². The molecule has 1 aromatic carbocycles. The van der Waals surface area contributed by atoms with Gasteiger partial charge in [-0.05, 0) is 65.6 Å². The van der Waals surface area contributed by atoms with Crippen molar-refractivity contribution in [3.05, 3.63) is 33.4 Å². The Labute approximate surface area is 130 Å². The van der Waals surface area contributed by atoms with Crippen molar-refractivity contribution < 1.29 is 4.79 Å². The number of carbonyl (C=O) groups excluding carboxylic acids is 1. The molecule has 1 aliphatic carbocycles. The minimum atomic E-state index is 0.0386. The Morgan fingerprint density at radius 2 is 1.94 bits per heavy atom. The molecule has 2 atom stereocenters. The number of alkyl halides is 1. The minimum Gasteiger partial charge on any atom is -0.352 e. The van der Waals surface area contributed by atoms with Crippen LogP contribution < -0.4 is 5.32 Å². The lowest BCUT2D eigenvalue weighted by Gasteiger charge is -2.27. The predicted molar refractivity (Wildman–Crippen MR) is 86.2 cm³/mol. The molecule has 1 amide bonds. The molecule has 2 nitrogen and oxygen atoms in total. The molecule has 1 saturated carbocycles. The normalized spacial score (nSPS) is 23.7. The fraction of sp³-hybridized carbons (Fsp3) is 0.500. The van der Waals surface area contributed by atoms with E-state index in [4.69, 9.17) is 0 Å². The molecule has 4 heteroatoms. The number of halogens is 2. The van der Waals surface area contributed by atoms with E-state index < -0.39 is 0 Å². The lowest BCUT2D eigenvalue weighted by atomic mass is 9.89. The SMILES string of the molecule is O=C(NCC1CCCCC1Br)c1ccc(I)cc1. The summed E-state index contributed by atoms with van der Waals surface area (Å²) in [5, 5.41) is 3.05. The number of amides is 1. The Kier molecular flexibility index (Phi) is 5.48. The summed E-state index contributed by atoms with van der Waals surface area (Å²) in [6, 6.07) is 7.68. The molecule has 2 rings (SSSR count). The van der Waals surface area contributed by atoms with Gasteiger partial charge in [0.05, 0.1) is 0 Å². The third-order valence-electron chi connectivity index (χ3n) is 3.45. The molecule has 1 fully saturated rings. The van der Waals surface area contributed by atoms with Crippen LogP contribution in [0.5, 0.6) is 0 Å². The van der Waals surface area contributed by atoms with Crippen molar-refractivity contribution in [1.29, 1.82) is 0 Å². The summed E-state index contributed by atoms with van der Waals surface area (Å²) < 4.78 is 1.15. The molecule has 0 spiro atoms. The van der Waals surface area contributed by atoms with E-state index in [2.05, 4.69) is 43.8 Å². The molecule has 1 N–H and O–H groups in total. The summed E-state index contributed by atoms with van der Waals surface area (Å²) in [6.07, 6.45) is 5.02. The molecule has 1 aliphatic rings. The van der Waals surface area contributed by atoms with Gasteiger partial charge in [0.25, 0.3) is 5.91 Å². The molecular weight excluding hydrogens is 405 g/mol. The van der Waals surface area contributed by atoms with Gasteiger partial charge in [0.1, 0.15) is 0 Å². The minimum absolute atomic E-state index is 0.0386. The van der Waals surface area contributed by atoms with E-state index in [9.17, 15) is 4.79 Å². The zero-order valence-electron chi connectivity index (χ0n) is 10.2. The van der Waals surface area contributed by atoms with E-state index in [1.165, 1.54) is 25.7 Å². The molecule has 0 aliphatic heterocycles. The fourth-order valence-electron chi connectivity index (χ4n) is 2.32. The Morgan fingerprint density at radius 1 is 1.28 bits per heavy atom. The Morgan fingerprint density at radius 3 is 2.61 bits per heavy atom. The lowest BCUT2D eigenvalue weighted by Crippen LogP contribution is -2.34. The van der Waals surface area contributed by atoms with Crippen LogP contribution in [0.1, 0.15) is 36.0 Å². The van der Waals surface area contributed by atoms with Crippen molar-refractivity contribution in [3.63, 3.8) is 0 Å². The first-order chi connectivity index (χ1) is 8.66. The van der Waals surface area contributed by atoms with Crippen LogP contribution in [0.4, 0.5) is 0 Å². The van der Waals surface area contributed by atoms with Crippen LogP contribution in [0.3, 0.4) is 0 Å². The molecule has 2 unspecified atom stereocenters. The number of benzene rings is 1. The summed E-state index contributed by atoms with van der Waals surface area (Å²) in [7, 11) is 0. The van der Waals surface area contributed by atoms with Crippen molar-refractivity contribution in [1.82, 2.24) is 5.32 Å². The van der Waals surface area contributed by atoms with Crippen LogP contribution >= 0.6 is 38.5 Å². The number of nitrogens with one attached hydrogen (secondary N) is 1. The Balaban J connectivity index is 1.86. The summed E-state index contributed by atoms with van der Waals surface area (Å²) in [4.78, 5) is 12.5. The van der Waals surface area contributed by atoms with E-state index in [0.717, 1.165) is 15.7 Å². The first-order valence-electron chi connectivity index (χ1n) is 6.34. The predicted octanol–water partition coefficient (Wildman–Crippen LogP) is 3.97. The van der Waals surface area contributed by atoms with Crippen molar-refractivity contribution >= 4 is 44.4 Å². The molecule has 98 valence electrons. The van der Waals surface area contributed by atoms with Crippen LogP contribution in [-0.4, -0.2) is 17.3 Å². The quantitative estimate of drug-likeness (QED) is 0.580. The fourth-order valence-corrected chi connectivity index (χ4v) is 3.45. The maximum Gasteiger partial charge on any atom is 0.251 e. The standard InChI is InChI=1S/C14H17BrINO/c15-13-4-2-1-3-11(13)9-17-14(18)10-5-7-12(16)8-6-10/h5-8,11,13H,1-4,9H2,(H,17,18). The largest absolute Gasteiger partial charge is 0.352 e. The Hall–Kier alpha value is -0.100. The summed E-state index contributed by atoms with van der Waals surface area (Å²) in [5.41, 5.74) is 0.748. The van der Waals surface area contributed by atoms with Crippen LogP contribution in [0.15, 0.2) is 24.3 Å². The maximum atomic E-state index is 12.0. The second-order valence-corrected chi connectivity index (χ2v) is 7.20. The molecule has 0 radical (unpaired) electrons. The molecule has 18 heavy (non-hydrogen) atoms. The summed E-state index contributed by atoms with van der Waals surface area (Å²) in [5.74, 6) is 0.614. The van der Waals surface area contributed by atoms with Gasteiger partial charge in [-0.1, -0.05) is 28.8 Å². The van der Waals surface area contributed by atoms with E-state index in [1.54, 1.807) is 0 Å². The van der Waals surface area contributed by atoms with Crippen LogP contribution in [0.2, 0.25) is 0 Å². The number of carbonyl (C=O) groups is 1. The zero-order chi connectivity index (χ0) is 13.0. The van der Waals surface area contributed by atoms with Crippen LogP contribution in [-0.2, 0) is 0 Å². The van der Waals surface area contributed by atoms with E-state index in [0.29, 0.717) is 10.7 Å². The second kappa shape index (κ2) is 6.89.